The van der Waals surface area contributed by atoms with E-state index in [0.717, 1.165) is 0 Å². The van der Waals surface area contributed by atoms with E-state index in [1.807, 2.05) is 0 Å². The number of nitriles is 1. The van der Waals surface area contributed by atoms with E-state index < -0.39 is 5.82 Å². The Labute approximate surface area is 84.1 Å². The van der Waals surface area contributed by atoms with Gasteiger partial charge in [0.05, 0.1) is 6.61 Å². The summed E-state index contributed by atoms with van der Waals surface area (Å²) >= 11 is 3.07. The van der Waals surface area contributed by atoms with Crippen LogP contribution in [0.25, 0.3) is 0 Å². The van der Waals surface area contributed by atoms with Gasteiger partial charge in [-0.15, -0.1) is 0 Å². The largest absolute Gasteiger partial charge is 0.491 e. The van der Waals surface area contributed by atoms with E-state index in [-0.39, 0.29) is 11.3 Å². The van der Waals surface area contributed by atoms with Gasteiger partial charge in [0, 0.05) is 4.47 Å². The highest BCUT2D eigenvalue weighted by atomic mass is 79.9. The number of hydrogen-bond acceptors (Lipinski definition) is 2. The highest BCUT2D eigenvalue weighted by molar-refractivity contribution is 9.10. The van der Waals surface area contributed by atoms with Gasteiger partial charge in [0.1, 0.15) is 11.6 Å². The summed E-state index contributed by atoms with van der Waals surface area (Å²) in [5.74, 6) is -0.499. The molecule has 1 aromatic rings. The van der Waals surface area contributed by atoms with Crippen LogP contribution in [0.5, 0.6) is 5.75 Å². The fourth-order valence-corrected chi connectivity index (χ4v) is 1.30. The molecule has 1 aromatic carbocycles. The molecular weight excluding hydrogens is 237 g/mol. The number of ether oxygens (including phenoxy) is 1. The fraction of sp³-hybridized carbons (Fsp3) is 0.222. The second-order valence-electron chi connectivity index (χ2n) is 2.28. The summed E-state index contributed by atoms with van der Waals surface area (Å²) in [5.41, 5.74) is -0.0223. The Morgan fingerprint density at radius 2 is 2.31 bits per heavy atom. The van der Waals surface area contributed by atoms with Gasteiger partial charge in [0.15, 0.2) is 11.6 Å². The SMILES string of the molecule is CCOc1ccc(Br)c(C#N)c1F. The molecule has 0 unspecified atom stereocenters. The average Bonchev–Trinajstić information content (AvgIpc) is 2.11. The maximum Gasteiger partial charge on any atom is 0.183 e. The van der Waals surface area contributed by atoms with Crippen LogP contribution in [0.3, 0.4) is 0 Å². The molecule has 13 heavy (non-hydrogen) atoms. The molecule has 0 spiro atoms. The van der Waals surface area contributed by atoms with Gasteiger partial charge in [0.25, 0.3) is 0 Å². The van der Waals surface area contributed by atoms with Crippen molar-refractivity contribution in [2.24, 2.45) is 0 Å². The van der Waals surface area contributed by atoms with Crippen LogP contribution < -0.4 is 4.74 Å². The first-order chi connectivity index (χ1) is 6.20. The van der Waals surface area contributed by atoms with Gasteiger partial charge >= 0.3 is 0 Å². The normalized spacial score (nSPS) is 9.38. The first-order valence-corrected chi connectivity index (χ1v) is 4.51. The summed E-state index contributed by atoms with van der Waals surface area (Å²) in [4.78, 5) is 0. The van der Waals surface area contributed by atoms with Gasteiger partial charge < -0.3 is 4.74 Å². The van der Waals surface area contributed by atoms with E-state index in [9.17, 15) is 4.39 Å². The molecule has 68 valence electrons. The summed E-state index contributed by atoms with van der Waals surface area (Å²) in [6.45, 7) is 2.14. The van der Waals surface area contributed by atoms with E-state index >= 15 is 0 Å². The Bertz CT molecular complexity index is 359. The Kier molecular flexibility index (Phi) is 3.26. The minimum absolute atomic E-state index is 0.0223. The molecule has 0 heterocycles. The van der Waals surface area contributed by atoms with E-state index in [1.165, 1.54) is 6.07 Å². The van der Waals surface area contributed by atoms with E-state index in [0.29, 0.717) is 11.1 Å². The maximum atomic E-state index is 13.3. The lowest BCUT2D eigenvalue weighted by Gasteiger charge is -2.05. The Hall–Kier alpha value is -1.08. The van der Waals surface area contributed by atoms with Gasteiger partial charge in [-0.05, 0) is 35.0 Å². The van der Waals surface area contributed by atoms with E-state index in [2.05, 4.69) is 15.9 Å². The number of nitrogens with zero attached hydrogens (tertiary/aromatic N) is 1. The lowest BCUT2D eigenvalue weighted by Crippen LogP contribution is -1.97. The molecule has 2 nitrogen and oxygen atoms in total. The molecule has 1 rings (SSSR count). The van der Waals surface area contributed by atoms with Crippen molar-refractivity contribution in [2.45, 2.75) is 6.92 Å². The summed E-state index contributed by atoms with van der Waals surface area (Å²) in [6.07, 6.45) is 0. The third-order valence-corrected chi connectivity index (χ3v) is 2.13. The first kappa shape index (κ1) is 10.0. The van der Waals surface area contributed by atoms with Crippen molar-refractivity contribution in [1.29, 1.82) is 5.26 Å². The van der Waals surface area contributed by atoms with Crippen molar-refractivity contribution in [1.82, 2.24) is 0 Å². The summed E-state index contributed by atoms with van der Waals surface area (Å²) in [7, 11) is 0. The monoisotopic (exact) mass is 243 g/mol. The first-order valence-electron chi connectivity index (χ1n) is 3.71. The number of halogens is 2. The Morgan fingerprint density at radius 1 is 1.62 bits per heavy atom. The zero-order valence-electron chi connectivity index (χ0n) is 6.97. The predicted octanol–water partition coefficient (Wildman–Crippen LogP) is 2.86. The van der Waals surface area contributed by atoms with Crippen molar-refractivity contribution in [3.8, 4) is 11.8 Å². The molecule has 0 N–H and O–H groups in total. The standard InChI is InChI=1S/C9H7BrFNO/c1-2-13-8-4-3-7(10)6(5-12)9(8)11/h3-4H,2H2,1H3. The number of rotatable bonds is 2. The molecule has 0 bridgehead atoms. The molecule has 0 amide bonds. The van der Waals surface area contributed by atoms with Crippen LogP contribution in [0.1, 0.15) is 12.5 Å². The highest BCUT2D eigenvalue weighted by Crippen LogP contribution is 2.26. The lowest BCUT2D eigenvalue weighted by molar-refractivity contribution is 0.321. The van der Waals surface area contributed by atoms with Crippen molar-refractivity contribution in [3.05, 3.63) is 28.0 Å². The Morgan fingerprint density at radius 3 is 2.85 bits per heavy atom. The molecule has 0 aliphatic heterocycles. The molecule has 0 saturated heterocycles. The van der Waals surface area contributed by atoms with Crippen molar-refractivity contribution < 1.29 is 9.13 Å². The van der Waals surface area contributed by atoms with Crippen LogP contribution in [0.2, 0.25) is 0 Å². The van der Waals surface area contributed by atoms with E-state index in [4.69, 9.17) is 10.00 Å². The topological polar surface area (TPSA) is 33.0 Å². The Balaban J connectivity index is 3.21. The fourth-order valence-electron chi connectivity index (χ4n) is 0.903. The second kappa shape index (κ2) is 4.24. The van der Waals surface area contributed by atoms with Crippen LogP contribution in [0.15, 0.2) is 16.6 Å². The van der Waals surface area contributed by atoms with Gasteiger partial charge in [-0.3, -0.25) is 0 Å². The minimum atomic E-state index is -0.612. The molecule has 0 aliphatic rings. The van der Waals surface area contributed by atoms with Crippen LogP contribution in [0.4, 0.5) is 4.39 Å². The number of hydrogen-bond donors (Lipinski definition) is 0. The van der Waals surface area contributed by atoms with Gasteiger partial charge in [-0.2, -0.15) is 5.26 Å². The molecular formula is C9H7BrFNO. The van der Waals surface area contributed by atoms with Gasteiger partial charge in [-0.1, -0.05) is 0 Å². The molecule has 0 saturated carbocycles. The maximum absolute atomic E-state index is 13.3. The smallest absolute Gasteiger partial charge is 0.183 e. The lowest BCUT2D eigenvalue weighted by atomic mass is 10.2. The molecule has 0 aromatic heterocycles. The summed E-state index contributed by atoms with van der Waals surface area (Å²) < 4.78 is 18.8. The summed E-state index contributed by atoms with van der Waals surface area (Å²) in [6, 6.07) is 4.84. The van der Waals surface area contributed by atoms with Crippen LogP contribution in [-0.2, 0) is 0 Å². The third-order valence-electron chi connectivity index (χ3n) is 1.47. The number of benzene rings is 1. The average molecular weight is 244 g/mol. The zero-order chi connectivity index (χ0) is 9.84. The van der Waals surface area contributed by atoms with Gasteiger partial charge in [-0.25, -0.2) is 4.39 Å². The molecule has 0 atom stereocenters. The highest BCUT2D eigenvalue weighted by Gasteiger charge is 2.11. The zero-order valence-corrected chi connectivity index (χ0v) is 8.56. The second-order valence-corrected chi connectivity index (χ2v) is 3.13. The quantitative estimate of drug-likeness (QED) is 0.801. The molecule has 0 radical (unpaired) electrons. The minimum Gasteiger partial charge on any atom is -0.491 e. The van der Waals surface area contributed by atoms with Crippen LogP contribution in [-0.4, -0.2) is 6.61 Å². The van der Waals surface area contributed by atoms with Crippen molar-refractivity contribution >= 4 is 15.9 Å². The van der Waals surface area contributed by atoms with Crippen molar-refractivity contribution in [2.75, 3.05) is 6.61 Å². The predicted molar refractivity (Wildman–Crippen MR) is 50.0 cm³/mol. The van der Waals surface area contributed by atoms with E-state index in [1.54, 1.807) is 19.1 Å². The van der Waals surface area contributed by atoms with Gasteiger partial charge in [0.2, 0.25) is 0 Å². The third kappa shape index (κ3) is 1.99. The van der Waals surface area contributed by atoms with Crippen molar-refractivity contribution in [3.63, 3.8) is 0 Å². The summed E-state index contributed by atoms with van der Waals surface area (Å²) in [5, 5.41) is 8.62. The molecule has 0 fully saturated rings. The van der Waals surface area contributed by atoms with Crippen LogP contribution in [0, 0.1) is 17.1 Å². The molecule has 4 heteroatoms. The van der Waals surface area contributed by atoms with Crippen LogP contribution >= 0.6 is 15.9 Å². The molecule has 0 aliphatic carbocycles.